The first kappa shape index (κ1) is 42.3. The van der Waals surface area contributed by atoms with Gasteiger partial charge in [0.1, 0.15) is 5.76 Å². The fraction of sp³-hybridized carbons (Fsp3) is 0.435. The van der Waals surface area contributed by atoms with Crippen LogP contribution in [0.5, 0.6) is 0 Å². The number of hydrogen-bond acceptors (Lipinski definition) is 3. The van der Waals surface area contributed by atoms with Gasteiger partial charge in [0, 0.05) is 48.9 Å². The van der Waals surface area contributed by atoms with Crippen molar-refractivity contribution in [3.63, 3.8) is 0 Å². The molecule has 1 radical (unpaired) electrons. The van der Waals surface area contributed by atoms with E-state index in [4.69, 9.17) is 4.98 Å². The van der Waals surface area contributed by atoms with Crippen molar-refractivity contribution in [2.45, 2.75) is 120 Å². The normalized spacial score (nSPS) is 12.8. The molecule has 1 N–H and O–H groups in total. The monoisotopic (exact) mass is 879 g/mol. The Balaban J connectivity index is 0.000000335. The van der Waals surface area contributed by atoms with Crippen LogP contribution in [0.4, 0.5) is 0 Å². The van der Waals surface area contributed by atoms with E-state index in [1.54, 1.807) is 0 Å². The van der Waals surface area contributed by atoms with Gasteiger partial charge in [-0.25, -0.2) is 0 Å². The van der Waals surface area contributed by atoms with E-state index in [2.05, 4.69) is 114 Å². The minimum absolute atomic E-state index is 0. The summed E-state index contributed by atoms with van der Waals surface area (Å²) in [6.45, 7) is 28.3. The Morgan fingerprint density at radius 3 is 1.96 bits per heavy atom. The second-order valence-corrected chi connectivity index (χ2v) is 21.8. The zero-order chi connectivity index (χ0) is 37.2. The summed E-state index contributed by atoms with van der Waals surface area (Å²) in [4.78, 5) is 17.1. The van der Waals surface area contributed by atoms with Crippen molar-refractivity contribution in [2.24, 2.45) is 10.8 Å². The van der Waals surface area contributed by atoms with Crippen LogP contribution in [-0.2, 0) is 30.3 Å². The van der Waals surface area contributed by atoms with Crippen LogP contribution in [0.15, 0.2) is 78.7 Å². The predicted octanol–water partition coefficient (Wildman–Crippen LogP) is 12.8. The maximum atomic E-state index is 12.2. The molecule has 0 aliphatic carbocycles. The molecule has 3 nitrogen and oxygen atoms in total. The third kappa shape index (κ3) is 8.92. The van der Waals surface area contributed by atoms with Gasteiger partial charge in [-0.05, 0) is 70.7 Å². The minimum atomic E-state index is -1.56. The summed E-state index contributed by atoms with van der Waals surface area (Å²) in [6.07, 6.45) is 6.79. The number of hydrogen-bond donors (Lipinski definition) is 1. The fourth-order valence-electron chi connectivity index (χ4n) is 6.59. The third-order valence-electron chi connectivity index (χ3n) is 11.4. The molecule has 5 aromatic rings. The molecule has 0 amide bonds. The number of allylic oxidation sites excluding steroid dienone is 2. The first-order valence-electron chi connectivity index (χ1n) is 18.6. The van der Waals surface area contributed by atoms with Gasteiger partial charge in [-0.2, -0.15) is 0 Å². The number of benzene rings is 4. The summed E-state index contributed by atoms with van der Waals surface area (Å²) in [6, 6.07) is 26.2. The Morgan fingerprint density at radius 1 is 0.804 bits per heavy atom. The largest absolute Gasteiger partial charge is 0.512 e. The molecule has 1 heterocycles. The standard InChI is InChI=1S/C31H32NSi.C15H28O2.Ir/c1-20-19-32-30(23-16-21-10-8-9-11-25(21)28(18-23)33(5,6)7)27-14-12-22-17-24(31(2,3)4)13-15-26(22)29(20)27;1-7-14(5,8-2)12(16)11-13(17)15(6,9-3)10-4;/h8-15,17-19H,1-7H3;11,16H,7-10H2,1-6H3;/q-1;;/b;12-11-;. The van der Waals surface area contributed by atoms with E-state index in [1.807, 2.05) is 47.7 Å². The van der Waals surface area contributed by atoms with Crippen LogP contribution in [0.25, 0.3) is 43.6 Å². The Kier molecular flexibility index (Phi) is 13.5. The quantitative estimate of drug-likeness (QED) is 0.0528. The van der Waals surface area contributed by atoms with Crippen LogP contribution >= 0.6 is 0 Å². The minimum Gasteiger partial charge on any atom is -0.512 e. The smallest absolute Gasteiger partial charge is 0.164 e. The van der Waals surface area contributed by atoms with Gasteiger partial charge in [0.25, 0.3) is 0 Å². The van der Waals surface area contributed by atoms with E-state index in [0.717, 1.165) is 36.9 Å². The molecule has 0 saturated carbocycles. The summed E-state index contributed by atoms with van der Waals surface area (Å²) in [5.74, 6) is 0.286. The maximum absolute atomic E-state index is 12.2. The van der Waals surface area contributed by atoms with Crippen molar-refractivity contribution >= 4 is 51.4 Å². The van der Waals surface area contributed by atoms with Gasteiger partial charge in [0.2, 0.25) is 0 Å². The van der Waals surface area contributed by atoms with Crippen LogP contribution in [0, 0.1) is 23.8 Å². The number of ketones is 1. The first-order valence-corrected chi connectivity index (χ1v) is 22.1. The van der Waals surface area contributed by atoms with E-state index >= 15 is 0 Å². The summed E-state index contributed by atoms with van der Waals surface area (Å²) in [5, 5.41) is 19.2. The Hall–Kier alpha value is -3.11. The van der Waals surface area contributed by atoms with Crippen LogP contribution < -0.4 is 5.19 Å². The average Bonchev–Trinajstić information content (AvgIpc) is 3.09. The van der Waals surface area contributed by atoms with Crippen LogP contribution in [0.3, 0.4) is 0 Å². The van der Waals surface area contributed by atoms with Crippen LogP contribution in [0.1, 0.15) is 99.1 Å². The van der Waals surface area contributed by atoms with Gasteiger partial charge in [-0.3, -0.25) is 9.78 Å². The number of fused-ring (bicyclic) bond motifs is 4. The fourth-order valence-corrected chi connectivity index (χ4v) is 8.19. The first-order chi connectivity index (χ1) is 23.3. The number of carbonyl (C=O) groups is 1. The number of nitrogens with zero attached hydrogens (tertiary/aromatic N) is 1. The third-order valence-corrected chi connectivity index (χ3v) is 13.4. The summed E-state index contributed by atoms with van der Waals surface area (Å²) in [7, 11) is -1.56. The van der Waals surface area contributed by atoms with Crippen molar-refractivity contribution in [1.82, 2.24) is 4.98 Å². The Labute approximate surface area is 322 Å². The van der Waals surface area contributed by atoms with Crippen LogP contribution in [0.2, 0.25) is 19.6 Å². The average molecular weight is 879 g/mol. The molecule has 0 atom stereocenters. The summed E-state index contributed by atoms with van der Waals surface area (Å²) in [5.41, 5.74) is 4.24. The second kappa shape index (κ2) is 16.3. The van der Waals surface area contributed by atoms with Gasteiger partial charge in [-0.1, -0.05) is 141 Å². The number of aryl methyl sites for hydroxylation is 1. The molecule has 4 aromatic carbocycles. The second-order valence-electron chi connectivity index (χ2n) is 16.8. The van der Waals surface area contributed by atoms with Crippen molar-refractivity contribution in [3.05, 3.63) is 95.9 Å². The molecule has 0 aliphatic rings. The number of carbonyl (C=O) groups excluding carboxylic acids is 1. The molecule has 0 aliphatic heterocycles. The number of aromatic nitrogens is 1. The van der Waals surface area contributed by atoms with Gasteiger partial charge >= 0.3 is 0 Å². The molecule has 0 bridgehead atoms. The van der Waals surface area contributed by atoms with Crippen molar-refractivity contribution in [2.75, 3.05) is 0 Å². The van der Waals surface area contributed by atoms with E-state index in [9.17, 15) is 9.90 Å². The number of aliphatic hydroxyl groups is 1. The van der Waals surface area contributed by atoms with Crippen molar-refractivity contribution < 1.29 is 30.0 Å². The molecule has 275 valence electrons. The maximum Gasteiger partial charge on any atom is 0.164 e. The Morgan fingerprint density at radius 2 is 1.39 bits per heavy atom. The number of aliphatic hydroxyl groups excluding tert-OH is 1. The van der Waals surface area contributed by atoms with Gasteiger partial charge in [-0.15, -0.1) is 28.8 Å². The molecular formula is C46H60IrNO2Si-. The molecule has 0 spiro atoms. The SMILES string of the molecule is CCC(C)(CC)C(=O)/C=C(\O)C(C)(CC)CC.Cc1cnc(-c2[c-]c3ccccc3c([Si](C)(C)C)c2)c2ccc3cc(C(C)(C)C)ccc3c12.[Ir]. The zero-order valence-corrected chi connectivity index (χ0v) is 36.8. The van der Waals surface area contributed by atoms with Crippen molar-refractivity contribution in [3.8, 4) is 11.3 Å². The topological polar surface area (TPSA) is 50.2 Å². The molecule has 1 aromatic heterocycles. The molecule has 51 heavy (non-hydrogen) atoms. The summed E-state index contributed by atoms with van der Waals surface area (Å²) >= 11 is 0. The molecule has 0 fully saturated rings. The summed E-state index contributed by atoms with van der Waals surface area (Å²) < 4.78 is 0. The van der Waals surface area contributed by atoms with Gasteiger partial charge in [0.15, 0.2) is 5.78 Å². The molecular weight excluding hydrogens is 819 g/mol. The molecule has 0 saturated heterocycles. The van der Waals surface area contributed by atoms with Crippen molar-refractivity contribution in [1.29, 1.82) is 0 Å². The van der Waals surface area contributed by atoms with E-state index in [0.29, 0.717) is 0 Å². The predicted molar refractivity (Wildman–Crippen MR) is 221 cm³/mol. The number of pyridine rings is 1. The molecule has 5 heteroatoms. The zero-order valence-electron chi connectivity index (χ0n) is 33.4. The molecule has 0 unspecified atom stereocenters. The van der Waals surface area contributed by atoms with E-state index < -0.39 is 8.07 Å². The van der Waals surface area contributed by atoms with Gasteiger partial charge in [0.05, 0.1) is 8.07 Å². The van der Waals surface area contributed by atoms with E-state index in [1.165, 1.54) is 54.7 Å². The van der Waals surface area contributed by atoms with E-state index in [-0.39, 0.29) is 47.9 Å². The molecule has 5 rings (SSSR count). The number of rotatable bonds is 9. The Bertz CT molecular complexity index is 2040. The van der Waals surface area contributed by atoms with Crippen LogP contribution in [-0.4, -0.2) is 23.9 Å². The van der Waals surface area contributed by atoms with Gasteiger partial charge < -0.3 is 5.11 Å².